The molecule has 2 aromatic carbocycles. The number of hydrogen-bond donors (Lipinski definition) is 2. The number of anilines is 2. The van der Waals surface area contributed by atoms with E-state index in [1.165, 1.54) is 0 Å². The fourth-order valence-corrected chi connectivity index (χ4v) is 3.21. The highest BCUT2D eigenvalue weighted by atomic mass is 79.9. The Bertz CT molecular complexity index is 777. The van der Waals surface area contributed by atoms with Crippen LogP contribution in [0.2, 0.25) is 0 Å². The van der Waals surface area contributed by atoms with E-state index >= 15 is 0 Å². The summed E-state index contributed by atoms with van der Waals surface area (Å²) in [6.07, 6.45) is -0.229. The summed E-state index contributed by atoms with van der Waals surface area (Å²) >= 11 is 3.41. The van der Waals surface area contributed by atoms with Gasteiger partial charge in [-0.3, -0.25) is 9.59 Å². The van der Waals surface area contributed by atoms with Gasteiger partial charge in [0.1, 0.15) is 6.42 Å². The summed E-state index contributed by atoms with van der Waals surface area (Å²) in [4.78, 5) is 24.2. The van der Waals surface area contributed by atoms with Crippen LogP contribution in [-0.2, 0) is 9.59 Å². The zero-order valence-electron chi connectivity index (χ0n) is 14.3. The van der Waals surface area contributed by atoms with Crippen LogP contribution >= 0.6 is 15.9 Å². The third kappa shape index (κ3) is 4.68. The molecule has 0 aliphatic heterocycles. The molecule has 0 unspecified atom stereocenters. The number of rotatable bonds is 4. The van der Waals surface area contributed by atoms with E-state index in [1.807, 2.05) is 58.0 Å². The first-order valence-corrected chi connectivity index (χ1v) is 8.49. The molecule has 0 bridgehead atoms. The lowest BCUT2D eigenvalue weighted by molar-refractivity contribution is -0.123. The van der Waals surface area contributed by atoms with Gasteiger partial charge in [0.2, 0.25) is 11.8 Å². The van der Waals surface area contributed by atoms with Crippen molar-refractivity contribution in [2.24, 2.45) is 0 Å². The first-order valence-electron chi connectivity index (χ1n) is 7.70. The lowest BCUT2D eigenvalue weighted by Gasteiger charge is -2.13. The van der Waals surface area contributed by atoms with Gasteiger partial charge in [-0.15, -0.1) is 0 Å². The summed E-state index contributed by atoms with van der Waals surface area (Å²) < 4.78 is 0.793. The molecular formula is C19H21BrN2O2. The van der Waals surface area contributed by atoms with Crippen LogP contribution in [0.3, 0.4) is 0 Å². The van der Waals surface area contributed by atoms with Crippen LogP contribution < -0.4 is 10.6 Å². The molecule has 2 rings (SSSR count). The summed E-state index contributed by atoms with van der Waals surface area (Å²) in [5.41, 5.74) is 5.63. The third-order valence-electron chi connectivity index (χ3n) is 3.66. The van der Waals surface area contributed by atoms with Crippen molar-refractivity contribution in [3.05, 3.63) is 57.1 Å². The van der Waals surface area contributed by atoms with E-state index in [2.05, 4.69) is 26.6 Å². The standard InChI is InChI=1S/C19H21BrN2O2/c1-11-5-6-16(15(20)9-11)21-17(23)10-18(24)22-19-13(3)7-12(2)8-14(19)4/h5-9H,10H2,1-4H3,(H,21,23)(H,22,24). The maximum absolute atomic E-state index is 12.2. The molecule has 0 aliphatic carbocycles. The average molecular weight is 389 g/mol. The molecule has 2 N–H and O–H groups in total. The monoisotopic (exact) mass is 388 g/mol. The summed E-state index contributed by atoms with van der Waals surface area (Å²) in [5.74, 6) is -0.676. The Balaban J connectivity index is 2.01. The smallest absolute Gasteiger partial charge is 0.233 e. The van der Waals surface area contributed by atoms with Crippen molar-refractivity contribution in [1.29, 1.82) is 0 Å². The molecule has 0 spiro atoms. The highest BCUT2D eigenvalue weighted by molar-refractivity contribution is 9.10. The van der Waals surface area contributed by atoms with E-state index in [0.717, 1.165) is 32.4 Å². The molecule has 0 heterocycles. The highest BCUT2D eigenvalue weighted by Gasteiger charge is 2.13. The van der Waals surface area contributed by atoms with E-state index in [-0.39, 0.29) is 18.2 Å². The number of aryl methyl sites for hydroxylation is 4. The van der Waals surface area contributed by atoms with Crippen molar-refractivity contribution < 1.29 is 9.59 Å². The van der Waals surface area contributed by atoms with E-state index in [1.54, 1.807) is 0 Å². The zero-order chi connectivity index (χ0) is 17.9. The molecule has 24 heavy (non-hydrogen) atoms. The predicted molar refractivity (Wildman–Crippen MR) is 101 cm³/mol. The Labute approximate surface area is 150 Å². The lowest BCUT2D eigenvalue weighted by Crippen LogP contribution is -2.22. The molecule has 4 nitrogen and oxygen atoms in total. The second-order valence-electron chi connectivity index (χ2n) is 6.03. The fourth-order valence-electron chi connectivity index (χ4n) is 2.62. The molecule has 0 aliphatic rings. The molecular weight excluding hydrogens is 368 g/mol. The van der Waals surface area contributed by atoms with Gasteiger partial charge in [0.15, 0.2) is 0 Å². The summed E-state index contributed by atoms with van der Waals surface area (Å²) in [6.45, 7) is 7.87. The van der Waals surface area contributed by atoms with Crippen LogP contribution in [-0.4, -0.2) is 11.8 Å². The molecule has 5 heteroatoms. The SMILES string of the molecule is Cc1cc(C)c(NC(=O)CC(=O)Nc2ccc(C)cc2Br)c(C)c1. The molecule has 0 saturated carbocycles. The largest absolute Gasteiger partial charge is 0.325 e. The summed E-state index contributed by atoms with van der Waals surface area (Å²) in [6, 6.07) is 9.63. The van der Waals surface area contributed by atoms with Gasteiger partial charge < -0.3 is 10.6 Å². The first kappa shape index (κ1) is 18.2. The number of amides is 2. The van der Waals surface area contributed by atoms with E-state index in [4.69, 9.17) is 0 Å². The predicted octanol–water partition coefficient (Wildman–Crippen LogP) is 4.65. The van der Waals surface area contributed by atoms with Gasteiger partial charge in [0.25, 0.3) is 0 Å². The maximum atomic E-state index is 12.2. The van der Waals surface area contributed by atoms with Crippen molar-refractivity contribution in [2.75, 3.05) is 10.6 Å². The number of nitrogens with one attached hydrogen (secondary N) is 2. The van der Waals surface area contributed by atoms with E-state index in [0.29, 0.717) is 5.69 Å². The number of hydrogen-bond acceptors (Lipinski definition) is 2. The molecule has 0 radical (unpaired) electrons. The van der Waals surface area contributed by atoms with Crippen molar-refractivity contribution in [3.63, 3.8) is 0 Å². The molecule has 2 amide bonds. The van der Waals surface area contributed by atoms with Crippen molar-refractivity contribution in [3.8, 4) is 0 Å². The van der Waals surface area contributed by atoms with E-state index < -0.39 is 0 Å². The summed E-state index contributed by atoms with van der Waals surface area (Å²) in [5, 5.41) is 5.58. The van der Waals surface area contributed by atoms with Gasteiger partial charge in [-0.05, 0) is 72.4 Å². The Morgan fingerprint density at radius 3 is 2.04 bits per heavy atom. The lowest BCUT2D eigenvalue weighted by atomic mass is 10.0. The minimum absolute atomic E-state index is 0.229. The second-order valence-corrected chi connectivity index (χ2v) is 6.88. The summed E-state index contributed by atoms with van der Waals surface area (Å²) in [7, 11) is 0. The Morgan fingerprint density at radius 1 is 0.875 bits per heavy atom. The molecule has 0 saturated heterocycles. The quantitative estimate of drug-likeness (QED) is 0.748. The second kappa shape index (κ2) is 7.62. The van der Waals surface area contributed by atoms with Crippen LogP contribution in [0.1, 0.15) is 28.7 Å². The van der Waals surface area contributed by atoms with Crippen LogP contribution in [0.5, 0.6) is 0 Å². The molecule has 126 valence electrons. The van der Waals surface area contributed by atoms with Gasteiger partial charge in [-0.1, -0.05) is 23.8 Å². The number of halogens is 1. The third-order valence-corrected chi connectivity index (χ3v) is 4.32. The number of carbonyl (C=O) groups is 2. The normalized spacial score (nSPS) is 10.4. The van der Waals surface area contributed by atoms with Crippen molar-refractivity contribution in [1.82, 2.24) is 0 Å². The Morgan fingerprint density at radius 2 is 1.46 bits per heavy atom. The maximum Gasteiger partial charge on any atom is 0.233 e. The van der Waals surface area contributed by atoms with Crippen LogP contribution in [0.25, 0.3) is 0 Å². The van der Waals surface area contributed by atoms with Crippen LogP contribution in [0.15, 0.2) is 34.8 Å². The number of benzene rings is 2. The average Bonchev–Trinajstić information content (AvgIpc) is 2.45. The Hall–Kier alpha value is -2.14. The van der Waals surface area contributed by atoms with Crippen molar-refractivity contribution in [2.45, 2.75) is 34.1 Å². The van der Waals surface area contributed by atoms with Gasteiger partial charge in [0.05, 0.1) is 5.69 Å². The van der Waals surface area contributed by atoms with Gasteiger partial charge >= 0.3 is 0 Å². The van der Waals surface area contributed by atoms with Gasteiger partial charge in [-0.2, -0.15) is 0 Å². The van der Waals surface area contributed by atoms with Crippen molar-refractivity contribution >= 4 is 39.1 Å². The Kier molecular flexibility index (Phi) is 5.78. The number of carbonyl (C=O) groups excluding carboxylic acids is 2. The van der Waals surface area contributed by atoms with Gasteiger partial charge in [0, 0.05) is 10.2 Å². The first-order chi connectivity index (χ1) is 11.3. The molecule has 0 atom stereocenters. The topological polar surface area (TPSA) is 58.2 Å². The molecule has 0 fully saturated rings. The van der Waals surface area contributed by atoms with Gasteiger partial charge in [-0.25, -0.2) is 0 Å². The highest BCUT2D eigenvalue weighted by Crippen LogP contribution is 2.24. The van der Waals surface area contributed by atoms with E-state index in [9.17, 15) is 9.59 Å². The molecule has 0 aromatic heterocycles. The fraction of sp³-hybridized carbons (Fsp3) is 0.263. The van der Waals surface area contributed by atoms with Crippen LogP contribution in [0.4, 0.5) is 11.4 Å². The van der Waals surface area contributed by atoms with Crippen LogP contribution in [0, 0.1) is 27.7 Å². The minimum Gasteiger partial charge on any atom is -0.325 e. The zero-order valence-corrected chi connectivity index (χ0v) is 15.9. The minimum atomic E-state index is -0.348. The molecule has 2 aromatic rings.